The molecule has 74 heavy (non-hydrogen) atoms. The first-order valence-corrected chi connectivity index (χ1v) is 26.4. The zero-order valence-corrected chi connectivity index (χ0v) is 43.5. The number of amides is 7. The van der Waals surface area contributed by atoms with E-state index in [1.54, 1.807) is 0 Å². The number of aromatic hydroxyl groups is 1. The number of nitrogens with zero attached hydrogens (tertiary/aromatic N) is 2. The molecule has 23 nitrogen and oxygen atoms in total. The van der Waals surface area contributed by atoms with Gasteiger partial charge in [0.05, 0.1) is 36.6 Å². The highest BCUT2D eigenvalue weighted by Crippen LogP contribution is 2.27. The van der Waals surface area contributed by atoms with E-state index in [1.807, 2.05) is 0 Å². The summed E-state index contributed by atoms with van der Waals surface area (Å²) in [6.45, 7) is 8.26. The lowest BCUT2D eigenvalue weighted by molar-refractivity contribution is -0.148. The lowest BCUT2D eigenvalue weighted by atomic mass is 9.91. The van der Waals surface area contributed by atoms with Crippen molar-refractivity contribution in [3.63, 3.8) is 0 Å². The Kier molecular flexibility index (Phi) is 24.4. The van der Waals surface area contributed by atoms with Crippen molar-refractivity contribution in [3.8, 4) is 5.75 Å². The lowest BCUT2D eigenvalue weighted by Crippen LogP contribution is -2.64. The van der Waals surface area contributed by atoms with Crippen LogP contribution in [-0.4, -0.2) is 191 Å². The number of aliphatic hydroxyl groups is 7. The fourth-order valence-corrected chi connectivity index (χ4v) is 9.96. The van der Waals surface area contributed by atoms with Crippen LogP contribution in [0.2, 0.25) is 0 Å². The van der Waals surface area contributed by atoms with Gasteiger partial charge in [0, 0.05) is 32.4 Å². The number of phenols is 1. The van der Waals surface area contributed by atoms with Gasteiger partial charge in [-0.1, -0.05) is 77.8 Å². The fraction of sp³-hybridized carbons (Fsp3) is 0.745. The largest absolute Gasteiger partial charge is 0.508 e. The Balaban J connectivity index is 1.68. The van der Waals surface area contributed by atoms with Crippen molar-refractivity contribution in [1.82, 2.24) is 36.4 Å². The maximum Gasteiger partial charge on any atom is 0.248 e. The highest BCUT2D eigenvalue weighted by Gasteiger charge is 2.48. The quantitative estimate of drug-likeness (QED) is 0.0641. The number of aliphatic hydroxyl groups excluding tert-OH is 7. The van der Waals surface area contributed by atoms with Gasteiger partial charge in [-0.25, -0.2) is 0 Å². The zero-order valence-electron chi connectivity index (χ0n) is 43.5. The molecular weight excluding hydrogens is 965 g/mol. The van der Waals surface area contributed by atoms with E-state index in [-0.39, 0.29) is 43.7 Å². The summed E-state index contributed by atoms with van der Waals surface area (Å²) in [5.74, 6) is -6.20. The number of carbonyl (C=O) groups excluding carboxylic acids is 7. The van der Waals surface area contributed by atoms with Crippen LogP contribution in [0.1, 0.15) is 136 Å². The second kappa shape index (κ2) is 29.3. The third kappa shape index (κ3) is 17.3. The highest BCUT2D eigenvalue weighted by molar-refractivity contribution is 5.98. The molecule has 3 saturated heterocycles. The Bertz CT molecular complexity index is 2020. The number of nitrogens with two attached hydrogens (primary N) is 1. The van der Waals surface area contributed by atoms with Crippen molar-refractivity contribution in [2.75, 3.05) is 19.6 Å². The van der Waals surface area contributed by atoms with Gasteiger partial charge in [-0.2, -0.15) is 0 Å². The Morgan fingerprint density at radius 1 is 0.730 bits per heavy atom. The van der Waals surface area contributed by atoms with Crippen molar-refractivity contribution in [1.29, 1.82) is 0 Å². The van der Waals surface area contributed by atoms with Crippen molar-refractivity contribution in [2.24, 2.45) is 17.6 Å². The summed E-state index contributed by atoms with van der Waals surface area (Å²) < 4.78 is 0. The van der Waals surface area contributed by atoms with Gasteiger partial charge in [-0.3, -0.25) is 33.6 Å². The van der Waals surface area contributed by atoms with Crippen LogP contribution in [0.4, 0.5) is 0 Å². The molecule has 7 unspecified atom stereocenters. The van der Waals surface area contributed by atoms with Gasteiger partial charge in [0.1, 0.15) is 54.2 Å². The number of rotatable bonds is 20. The maximum absolute atomic E-state index is 14.4. The van der Waals surface area contributed by atoms with E-state index in [0.29, 0.717) is 18.3 Å². The van der Waals surface area contributed by atoms with Crippen LogP contribution in [0, 0.1) is 11.8 Å². The van der Waals surface area contributed by atoms with E-state index in [0.717, 1.165) is 54.7 Å². The predicted octanol–water partition coefficient (Wildman–Crippen LogP) is -1.80. The van der Waals surface area contributed by atoms with Crippen LogP contribution in [0.5, 0.6) is 5.75 Å². The number of hydrogen-bond donors (Lipinski definition) is 14. The summed E-state index contributed by atoms with van der Waals surface area (Å²) in [5, 5.41) is 101. The average Bonchev–Trinajstić information content (AvgIpc) is 3.95. The van der Waals surface area contributed by atoms with Gasteiger partial charge in [0.15, 0.2) is 0 Å². The molecule has 418 valence electrons. The summed E-state index contributed by atoms with van der Waals surface area (Å²) in [6, 6.07) is -7.36. The van der Waals surface area contributed by atoms with Gasteiger partial charge in [0.25, 0.3) is 0 Å². The van der Waals surface area contributed by atoms with E-state index < -0.39 is 146 Å². The fourth-order valence-electron chi connectivity index (χ4n) is 9.96. The SMILES string of the molecule is CCC(C)CC(C)CCCCCCCCC(=O)NC1C[C@@H](O)C(C)NC(=O)[C@@H]2[C@@H](O)CCN2C(=O)C([C@H](O)CCN)NC(=O)[C@H]([C@H](O)[C@@H](O)c2ccc(O)cc2)NC(=O)C2C[C@@H](O)CN2C(=O)C([C@@H](C)O)NC1=O. The standard InChI is InChI=1S/C51H84N8O15/c1-6-27(2)23-28(3)13-11-9-7-8-10-12-14-39(66)54-34-25-38(65)29(4)53-49(72)43-37(64)20-22-58(43)51(74)41(36(63)19-21-52)56-48(71)42(45(68)44(67)31-15-17-32(61)18-16-31)57-47(70)35-24-33(62)26-59(35)50(73)40(30(5)60)55-46(34)69/h15-18,27-30,33-38,40-45,60-65,67-68H,6-14,19-26,52H2,1-5H3,(H,53,72)(H,54,66)(H,55,69)(H,56,71)(H,57,70)/t27?,28?,29?,30-,33-,34?,35?,36-,37+,38-,40?,41?,42+,43+,44+,45+/m1/s1. The van der Waals surface area contributed by atoms with Gasteiger partial charge >= 0.3 is 0 Å². The summed E-state index contributed by atoms with van der Waals surface area (Å²) in [6.07, 6.45) is -4.85. The van der Waals surface area contributed by atoms with Crippen LogP contribution >= 0.6 is 0 Å². The van der Waals surface area contributed by atoms with Crippen LogP contribution in [0.3, 0.4) is 0 Å². The molecule has 3 heterocycles. The number of fused-ring (bicyclic) bond motifs is 2. The topological polar surface area (TPSA) is 374 Å². The van der Waals surface area contributed by atoms with Crippen molar-refractivity contribution in [2.45, 2.75) is 210 Å². The normalized spacial score (nSPS) is 29.3. The number of benzene rings is 1. The van der Waals surface area contributed by atoms with Crippen LogP contribution < -0.4 is 32.3 Å². The molecule has 3 aliphatic rings. The van der Waals surface area contributed by atoms with Gasteiger partial charge < -0.3 is 83.0 Å². The van der Waals surface area contributed by atoms with E-state index in [1.165, 1.54) is 44.5 Å². The minimum Gasteiger partial charge on any atom is -0.508 e. The number of phenolic OH excluding ortho intramolecular Hbond substituents is 1. The molecule has 16 atom stereocenters. The van der Waals surface area contributed by atoms with E-state index >= 15 is 0 Å². The molecule has 1 aromatic rings. The molecule has 0 aliphatic carbocycles. The highest BCUT2D eigenvalue weighted by atomic mass is 16.3. The third-order valence-electron chi connectivity index (χ3n) is 14.6. The van der Waals surface area contributed by atoms with Gasteiger partial charge in [-0.15, -0.1) is 0 Å². The molecule has 0 radical (unpaired) electrons. The van der Waals surface area contributed by atoms with Crippen molar-refractivity contribution >= 4 is 41.4 Å². The molecule has 0 saturated carbocycles. The Labute approximate surface area is 433 Å². The molecule has 1 aromatic carbocycles. The minimum absolute atomic E-state index is 0.00272. The second-order valence-electron chi connectivity index (χ2n) is 20.8. The first-order chi connectivity index (χ1) is 35.0. The minimum atomic E-state index is -2.26. The molecule has 0 spiro atoms. The summed E-state index contributed by atoms with van der Waals surface area (Å²) in [4.78, 5) is 101. The first-order valence-electron chi connectivity index (χ1n) is 26.4. The Hall–Kier alpha value is -5.01. The molecule has 15 N–H and O–H groups in total. The molecule has 4 rings (SSSR count). The molecule has 23 heteroatoms. The van der Waals surface area contributed by atoms with E-state index in [9.17, 15) is 74.4 Å². The Morgan fingerprint density at radius 3 is 1.97 bits per heavy atom. The number of unbranched alkanes of at least 4 members (excludes halogenated alkanes) is 5. The molecule has 0 aromatic heterocycles. The van der Waals surface area contributed by atoms with Crippen molar-refractivity contribution in [3.05, 3.63) is 29.8 Å². The smallest absolute Gasteiger partial charge is 0.248 e. The number of hydrogen-bond acceptors (Lipinski definition) is 16. The molecular formula is C51H84N8O15. The van der Waals surface area contributed by atoms with Crippen LogP contribution in [0.15, 0.2) is 24.3 Å². The van der Waals surface area contributed by atoms with E-state index in [2.05, 4.69) is 47.4 Å². The summed E-state index contributed by atoms with van der Waals surface area (Å²) in [5.41, 5.74) is 5.68. The monoisotopic (exact) mass is 1050 g/mol. The third-order valence-corrected chi connectivity index (χ3v) is 14.6. The summed E-state index contributed by atoms with van der Waals surface area (Å²) in [7, 11) is 0. The second-order valence-corrected chi connectivity index (χ2v) is 20.8. The molecule has 7 amide bonds. The van der Waals surface area contributed by atoms with Crippen LogP contribution in [0.25, 0.3) is 0 Å². The van der Waals surface area contributed by atoms with Crippen molar-refractivity contribution < 1.29 is 74.4 Å². The Morgan fingerprint density at radius 2 is 1.34 bits per heavy atom. The average molecular weight is 1050 g/mol. The van der Waals surface area contributed by atoms with Gasteiger partial charge in [-0.05, 0) is 75.6 Å². The number of carbonyl (C=O) groups is 7. The van der Waals surface area contributed by atoms with Gasteiger partial charge in [0.2, 0.25) is 41.4 Å². The molecule has 3 aliphatic heterocycles. The van der Waals surface area contributed by atoms with Crippen LogP contribution in [-0.2, 0) is 33.6 Å². The first kappa shape index (κ1) is 61.5. The zero-order chi connectivity index (χ0) is 55.0. The molecule has 3 fully saturated rings. The summed E-state index contributed by atoms with van der Waals surface area (Å²) >= 11 is 0. The predicted molar refractivity (Wildman–Crippen MR) is 269 cm³/mol. The van der Waals surface area contributed by atoms with E-state index in [4.69, 9.17) is 5.73 Å². The number of nitrogens with one attached hydrogen (secondary N) is 5. The molecule has 0 bridgehead atoms. The lowest BCUT2D eigenvalue weighted by Gasteiger charge is -2.34. The maximum atomic E-state index is 14.4.